The molecule has 0 radical (unpaired) electrons. The van der Waals surface area contributed by atoms with Gasteiger partial charge in [-0.2, -0.15) is 0 Å². The Kier molecular flexibility index (Phi) is 7.89. The molecule has 1 heterocycles. The molecule has 0 atom stereocenters. The van der Waals surface area contributed by atoms with Gasteiger partial charge in [0.1, 0.15) is 11.2 Å². The third-order valence-corrected chi connectivity index (χ3v) is 11.5. The smallest absolute Gasteiger partial charge is 0.136 e. The van der Waals surface area contributed by atoms with Gasteiger partial charge in [-0.25, -0.2) is 0 Å². The molecule has 0 spiro atoms. The summed E-state index contributed by atoms with van der Waals surface area (Å²) in [6.07, 6.45) is 0. The molecule has 11 rings (SSSR count). The van der Waals surface area contributed by atoms with Gasteiger partial charge in [0.15, 0.2) is 0 Å². The fourth-order valence-electron chi connectivity index (χ4n) is 8.89. The lowest BCUT2D eigenvalue weighted by molar-refractivity contribution is 0.669. The summed E-state index contributed by atoms with van der Waals surface area (Å²) in [6, 6.07) is 78.9. The molecular weight excluding hydrogens is 689 g/mol. The molecule has 0 aliphatic rings. The molecule has 0 saturated carbocycles. The second-order valence-corrected chi connectivity index (χ2v) is 14.8. The van der Waals surface area contributed by atoms with Crippen LogP contribution in [-0.2, 0) is 0 Å². The Hall–Kier alpha value is -7.48. The van der Waals surface area contributed by atoms with E-state index in [9.17, 15) is 0 Å². The van der Waals surface area contributed by atoms with Crippen molar-refractivity contribution in [1.29, 1.82) is 0 Å². The highest BCUT2D eigenvalue weighted by Crippen LogP contribution is 2.47. The Bertz CT molecular complexity index is 3130. The predicted molar refractivity (Wildman–Crippen MR) is 241 cm³/mol. The van der Waals surface area contributed by atoms with Gasteiger partial charge in [0.05, 0.1) is 0 Å². The number of benzene rings is 10. The van der Waals surface area contributed by atoms with Crippen LogP contribution in [0.3, 0.4) is 0 Å². The lowest BCUT2D eigenvalue weighted by atomic mass is 9.85. The van der Waals surface area contributed by atoms with Gasteiger partial charge in [-0.15, -0.1) is 0 Å². The van der Waals surface area contributed by atoms with Crippen molar-refractivity contribution in [2.75, 3.05) is 0 Å². The van der Waals surface area contributed by atoms with E-state index in [0.29, 0.717) is 0 Å². The van der Waals surface area contributed by atoms with Crippen LogP contribution in [0.2, 0.25) is 0 Å². The number of hydrogen-bond donors (Lipinski definition) is 0. The van der Waals surface area contributed by atoms with Crippen LogP contribution >= 0.6 is 0 Å². The van der Waals surface area contributed by atoms with Gasteiger partial charge in [-0.05, 0) is 113 Å². The van der Waals surface area contributed by atoms with E-state index in [1.807, 2.05) is 6.07 Å². The maximum atomic E-state index is 6.53. The number of para-hydroxylation sites is 1. The Morgan fingerprint density at radius 3 is 1.12 bits per heavy atom. The summed E-state index contributed by atoms with van der Waals surface area (Å²) < 4.78 is 6.53. The van der Waals surface area contributed by atoms with Crippen molar-refractivity contribution < 1.29 is 4.42 Å². The minimum atomic E-state index is 0.884. The zero-order chi connectivity index (χ0) is 37.7. The van der Waals surface area contributed by atoms with E-state index in [2.05, 4.69) is 212 Å². The first-order valence-corrected chi connectivity index (χ1v) is 19.6. The molecule has 1 heteroatoms. The van der Waals surface area contributed by atoms with Crippen LogP contribution in [0.15, 0.2) is 223 Å². The van der Waals surface area contributed by atoms with Crippen LogP contribution in [0, 0.1) is 0 Å². The second kappa shape index (κ2) is 13.7. The second-order valence-electron chi connectivity index (χ2n) is 14.8. The van der Waals surface area contributed by atoms with Crippen LogP contribution < -0.4 is 0 Å². The number of rotatable bonds is 6. The first kappa shape index (κ1) is 32.9. The molecular formula is C56H36O. The fraction of sp³-hybridized carbons (Fsp3) is 0. The van der Waals surface area contributed by atoms with Gasteiger partial charge in [0.2, 0.25) is 0 Å². The van der Waals surface area contributed by atoms with Crippen molar-refractivity contribution in [2.45, 2.75) is 0 Å². The molecule has 0 unspecified atom stereocenters. The van der Waals surface area contributed by atoms with Crippen LogP contribution in [0.5, 0.6) is 0 Å². The highest BCUT2D eigenvalue weighted by Gasteiger charge is 2.21. The zero-order valence-corrected chi connectivity index (χ0v) is 31.2. The molecule has 0 bridgehead atoms. The summed E-state index contributed by atoms with van der Waals surface area (Å²) >= 11 is 0. The number of furan rings is 1. The Morgan fingerprint density at radius 1 is 0.228 bits per heavy atom. The lowest BCUT2D eigenvalue weighted by Crippen LogP contribution is -1.92. The highest BCUT2D eigenvalue weighted by molar-refractivity contribution is 6.22. The van der Waals surface area contributed by atoms with Crippen molar-refractivity contribution in [3.63, 3.8) is 0 Å². The van der Waals surface area contributed by atoms with Crippen LogP contribution in [-0.4, -0.2) is 0 Å². The van der Waals surface area contributed by atoms with Crippen molar-refractivity contribution in [3.05, 3.63) is 218 Å². The van der Waals surface area contributed by atoms with E-state index in [4.69, 9.17) is 4.42 Å². The topological polar surface area (TPSA) is 13.1 Å². The number of hydrogen-bond acceptors (Lipinski definition) is 1. The molecule has 0 amide bonds. The fourth-order valence-corrected chi connectivity index (χ4v) is 8.89. The quantitative estimate of drug-likeness (QED) is 0.156. The van der Waals surface area contributed by atoms with Gasteiger partial charge in [0, 0.05) is 16.3 Å². The van der Waals surface area contributed by atoms with Crippen LogP contribution in [0.25, 0.3) is 110 Å². The summed E-state index contributed by atoms with van der Waals surface area (Å²) in [5, 5.41) is 7.25. The van der Waals surface area contributed by atoms with Gasteiger partial charge >= 0.3 is 0 Å². The van der Waals surface area contributed by atoms with Crippen molar-refractivity contribution in [3.8, 4) is 66.8 Å². The van der Waals surface area contributed by atoms with Gasteiger partial charge in [-0.1, -0.05) is 188 Å². The molecule has 0 aliphatic carbocycles. The van der Waals surface area contributed by atoms with Crippen LogP contribution in [0.1, 0.15) is 0 Å². The summed E-state index contributed by atoms with van der Waals surface area (Å²) in [6.45, 7) is 0. The molecule has 10 aromatic carbocycles. The molecule has 0 aliphatic heterocycles. The third-order valence-electron chi connectivity index (χ3n) is 11.5. The van der Waals surface area contributed by atoms with E-state index in [1.165, 1.54) is 77.2 Å². The van der Waals surface area contributed by atoms with Crippen LogP contribution in [0.4, 0.5) is 0 Å². The molecule has 0 fully saturated rings. The minimum Gasteiger partial charge on any atom is -0.456 e. The first-order valence-electron chi connectivity index (χ1n) is 19.6. The maximum Gasteiger partial charge on any atom is 0.136 e. The predicted octanol–water partition coefficient (Wildman–Crippen LogP) is 15.9. The zero-order valence-electron chi connectivity index (χ0n) is 31.2. The normalized spacial score (nSPS) is 11.5. The van der Waals surface area contributed by atoms with E-state index >= 15 is 0 Å². The molecule has 0 N–H and O–H groups in total. The van der Waals surface area contributed by atoms with Gasteiger partial charge in [-0.3, -0.25) is 0 Å². The molecule has 266 valence electrons. The Morgan fingerprint density at radius 2 is 0.614 bits per heavy atom. The van der Waals surface area contributed by atoms with Gasteiger partial charge < -0.3 is 4.42 Å². The number of fused-ring (bicyclic) bond motifs is 5. The monoisotopic (exact) mass is 724 g/mol. The Balaban J connectivity index is 1.15. The standard InChI is InChI=1S/C56H36O/c1-4-16-37(17-5-1)42-34-43(38-18-6-2-7-19-38)36-44(35-42)45-32-33-52-56(50-26-14-15-27-51(50)57-52)55(45)41-30-28-40(29-31-41)54-48-24-12-10-22-46(48)53(39-20-8-3-9-21-39)47-23-11-13-25-49(47)54/h1-36H. The molecule has 57 heavy (non-hydrogen) atoms. The highest BCUT2D eigenvalue weighted by atomic mass is 16.3. The van der Waals surface area contributed by atoms with Gasteiger partial charge in [0.25, 0.3) is 0 Å². The Labute approximate surface area is 331 Å². The van der Waals surface area contributed by atoms with E-state index in [-0.39, 0.29) is 0 Å². The lowest BCUT2D eigenvalue weighted by Gasteiger charge is -2.18. The summed E-state index contributed by atoms with van der Waals surface area (Å²) in [4.78, 5) is 0. The molecule has 0 saturated heterocycles. The molecule has 1 aromatic heterocycles. The SMILES string of the molecule is c1ccc(-c2cc(-c3ccccc3)cc(-c3ccc4oc5ccccc5c4c3-c3ccc(-c4c5ccccc5c(-c5ccccc5)c5ccccc45)cc3)c2)cc1. The van der Waals surface area contributed by atoms with Crippen molar-refractivity contribution in [1.82, 2.24) is 0 Å². The largest absolute Gasteiger partial charge is 0.456 e. The average molecular weight is 725 g/mol. The summed E-state index contributed by atoms with van der Waals surface area (Å²) in [5.74, 6) is 0. The third kappa shape index (κ3) is 5.63. The maximum absolute atomic E-state index is 6.53. The first-order chi connectivity index (χ1) is 28.3. The van der Waals surface area contributed by atoms with Crippen molar-refractivity contribution in [2.24, 2.45) is 0 Å². The van der Waals surface area contributed by atoms with E-state index in [1.54, 1.807) is 0 Å². The van der Waals surface area contributed by atoms with E-state index in [0.717, 1.165) is 33.1 Å². The minimum absolute atomic E-state index is 0.884. The molecule has 1 nitrogen and oxygen atoms in total. The van der Waals surface area contributed by atoms with E-state index < -0.39 is 0 Å². The summed E-state index contributed by atoms with van der Waals surface area (Å²) in [7, 11) is 0. The van der Waals surface area contributed by atoms with Crippen molar-refractivity contribution >= 4 is 43.5 Å². The summed E-state index contributed by atoms with van der Waals surface area (Å²) in [5.41, 5.74) is 16.1. The average Bonchev–Trinajstić information content (AvgIpc) is 3.67. The molecule has 11 aromatic rings.